The molecule has 0 saturated carbocycles. The van der Waals surface area contributed by atoms with E-state index < -0.39 is 20.5 Å². The van der Waals surface area contributed by atoms with Crippen molar-refractivity contribution in [3.05, 3.63) is 0 Å². The first-order valence-corrected chi connectivity index (χ1v) is 6.83. The SMILES string of the molecule is CC1C2(CCS1(=O)=O)CNCC2C(N)=O. The number of nitrogens with two attached hydrogens (primary N) is 1. The lowest BCUT2D eigenvalue weighted by atomic mass is 9.73. The Morgan fingerprint density at radius 1 is 1.53 bits per heavy atom. The summed E-state index contributed by atoms with van der Waals surface area (Å²) in [5.74, 6) is -0.548. The van der Waals surface area contributed by atoms with Crippen LogP contribution in [0.4, 0.5) is 0 Å². The van der Waals surface area contributed by atoms with Gasteiger partial charge < -0.3 is 11.1 Å². The highest BCUT2D eigenvalue weighted by molar-refractivity contribution is 7.92. The molecular weight excluding hydrogens is 216 g/mol. The maximum Gasteiger partial charge on any atom is 0.222 e. The second-order valence-corrected chi connectivity index (χ2v) is 7.02. The van der Waals surface area contributed by atoms with Gasteiger partial charge in [0.25, 0.3) is 0 Å². The quantitative estimate of drug-likeness (QED) is 0.599. The Bertz CT molecular complexity index is 392. The Kier molecular flexibility index (Phi) is 2.31. The number of rotatable bonds is 1. The van der Waals surface area contributed by atoms with Crippen LogP contribution in [0, 0.1) is 11.3 Å². The van der Waals surface area contributed by atoms with Crippen molar-refractivity contribution in [1.29, 1.82) is 0 Å². The van der Waals surface area contributed by atoms with Gasteiger partial charge in [0, 0.05) is 18.5 Å². The number of hydrogen-bond donors (Lipinski definition) is 2. The molecule has 1 spiro atoms. The van der Waals surface area contributed by atoms with Crippen LogP contribution in [0.1, 0.15) is 13.3 Å². The van der Waals surface area contributed by atoms with E-state index in [4.69, 9.17) is 5.73 Å². The average Bonchev–Trinajstić information content (AvgIpc) is 2.66. The highest BCUT2D eigenvalue weighted by Crippen LogP contribution is 2.46. The van der Waals surface area contributed by atoms with Crippen molar-refractivity contribution in [2.24, 2.45) is 17.1 Å². The molecule has 0 aromatic heterocycles. The molecule has 2 aliphatic rings. The summed E-state index contributed by atoms with van der Waals surface area (Å²) in [6.45, 7) is 2.79. The van der Waals surface area contributed by atoms with Crippen LogP contribution in [0.2, 0.25) is 0 Å². The van der Waals surface area contributed by atoms with Crippen molar-refractivity contribution in [2.45, 2.75) is 18.6 Å². The number of nitrogens with one attached hydrogen (secondary N) is 1. The smallest absolute Gasteiger partial charge is 0.222 e. The molecule has 2 rings (SSSR count). The second kappa shape index (κ2) is 3.18. The molecular formula is C9H16N2O3S. The van der Waals surface area contributed by atoms with Gasteiger partial charge in [0.05, 0.1) is 16.9 Å². The van der Waals surface area contributed by atoms with Gasteiger partial charge in [-0.15, -0.1) is 0 Å². The van der Waals surface area contributed by atoms with Crippen molar-refractivity contribution in [1.82, 2.24) is 5.32 Å². The molecule has 0 bridgehead atoms. The molecule has 2 aliphatic heterocycles. The number of carbonyl (C=O) groups excluding carboxylic acids is 1. The second-order valence-electron chi connectivity index (χ2n) is 4.58. The van der Waals surface area contributed by atoms with Crippen LogP contribution in [0.5, 0.6) is 0 Å². The van der Waals surface area contributed by atoms with E-state index in [1.54, 1.807) is 6.92 Å². The predicted molar refractivity (Wildman–Crippen MR) is 55.9 cm³/mol. The Morgan fingerprint density at radius 2 is 2.20 bits per heavy atom. The minimum atomic E-state index is -3.03. The van der Waals surface area contributed by atoms with E-state index in [1.165, 1.54) is 0 Å². The summed E-state index contributed by atoms with van der Waals surface area (Å²) in [5, 5.41) is 2.63. The Morgan fingerprint density at radius 3 is 2.67 bits per heavy atom. The third-order valence-corrected chi connectivity index (χ3v) is 6.36. The fourth-order valence-corrected chi connectivity index (χ4v) is 5.02. The van der Waals surface area contributed by atoms with Gasteiger partial charge in [-0.1, -0.05) is 0 Å². The van der Waals surface area contributed by atoms with Gasteiger partial charge in [0.1, 0.15) is 0 Å². The summed E-state index contributed by atoms with van der Waals surface area (Å²) in [7, 11) is -3.03. The van der Waals surface area contributed by atoms with Crippen molar-refractivity contribution in [3.8, 4) is 0 Å². The topological polar surface area (TPSA) is 89.3 Å². The number of amides is 1. The van der Waals surface area contributed by atoms with Gasteiger partial charge in [0.15, 0.2) is 9.84 Å². The summed E-state index contributed by atoms with van der Waals surface area (Å²) < 4.78 is 23.4. The van der Waals surface area contributed by atoms with Crippen molar-refractivity contribution in [2.75, 3.05) is 18.8 Å². The minimum Gasteiger partial charge on any atom is -0.369 e. The summed E-state index contributed by atoms with van der Waals surface area (Å²) in [6, 6.07) is 0. The molecule has 3 atom stereocenters. The molecule has 0 aromatic rings. The summed E-state index contributed by atoms with van der Waals surface area (Å²) in [5.41, 5.74) is 4.88. The maximum atomic E-state index is 11.7. The molecule has 2 fully saturated rings. The first kappa shape index (κ1) is 10.9. The van der Waals surface area contributed by atoms with Gasteiger partial charge in [-0.05, 0) is 13.3 Å². The molecule has 6 heteroatoms. The molecule has 1 amide bonds. The normalized spacial score (nSPS) is 43.5. The molecule has 3 N–H and O–H groups in total. The van der Waals surface area contributed by atoms with Crippen LogP contribution >= 0.6 is 0 Å². The standard InChI is InChI=1S/C9H16N2O3S/c1-6-9(2-3-15(6,13)14)5-11-4-7(9)8(10)12/h6-7,11H,2-5H2,1H3,(H2,10,12). The third-order valence-electron chi connectivity index (χ3n) is 4.04. The first-order chi connectivity index (χ1) is 6.90. The van der Waals surface area contributed by atoms with E-state index in [0.29, 0.717) is 19.5 Å². The van der Waals surface area contributed by atoms with Crippen LogP contribution in [-0.2, 0) is 14.6 Å². The fourth-order valence-electron chi connectivity index (χ4n) is 2.92. The Hall–Kier alpha value is -0.620. The zero-order valence-electron chi connectivity index (χ0n) is 8.69. The number of primary amides is 1. The maximum absolute atomic E-state index is 11.7. The van der Waals surface area contributed by atoms with Crippen molar-refractivity contribution >= 4 is 15.7 Å². The largest absolute Gasteiger partial charge is 0.369 e. The lowest BCUT2D eigenvalue weighted by molar-refractivity contribution is -0.124. The van der Waals surface area contributed by atoms with Gasteiger partial charge in [-0.3, -0.25) is 4.79 Å². The zero-order valence-corrected chi connectivity index (χ0v) is 9.51. The predicted octanol–water partition coefficient (Wildman–Crippen LogP) is -1.12. The molecule has 0 aliphatic carbocycles. The highest BCUT2D eigenvalue weighted by Gasteiger charge is 2.57. The monoisotopic (exact) mass is 232 g/mol. The van der Waals surface area contributed by atoms with Crippen molar-refractivity contribution < 1.29 is 13.2 Å². The number of hydrogen-bond acceptors (Lipinski definition) is 4. The minimum absolute atomic E-state index is 0.180. The number of sulfone groups is 1. The van der Waals surface area contributed by atoms with E-state index in [0.717, 1.165) is 0 Å². The molecule has 0 radical (unpaired) electrons. The molecule has 0 aromatic carbocycles. The Labute approximate surface area is 89.3 Å². The Balaban J connectivity index is 2.39. The lowest BCUT2D eigenvalue weighted by Crippen LogP contribution is -2.44. The van der Waals surface area contributed by atoms with E-state index in [1.807, 2.05) is 0 Å². The van der Waals surface area contributed by atoms with Crippen LogP contribution in [0.25, 0.3) is 0 Å². The van der Waals surface area contributed by atoms with Crippen LogP contribution in [-0.4, -0.2) is 38.4 Å². The number of carbonyl (C=O) groups is 1. The molecule has 15 heavy (non-hydrogen) atoms. The van der Waals surface area contributed by atoms with Crippen LogP contribution in [0.3, 0.4) is 0 Å². The van der Waals surface area contributed by atoms with Gasteiger partial charge in [-0.25, -0.2) is 8.42 Å². The van der Waals surface area contributed by atoms with E-state index >= 15 is 0 Å². The summed E-state index contributed by atoms with van der Waals surface area (Å²) >= 11 is 0. The van der Waals surface area contributed by atoms with Crippen molar-refractivity contribution in [3.63, 3.8) is 0 Å². The molecule has 86 valence electrons. The summed E-state index contributed by atoms with van der Waals surface area (Å²) in [6.07, 6.45) is 0.553. The summed E-state index contributed by atoms with van der Waals surface area (Å²) in [4.78, 5) is 11.3. The van der Waals surface area contributed by atoms with E-state index in [-0.39, 0.29) is 17.6 Å². The highest BCUT2D eigenvalue weighted by atomic mass is 32.2. The van der Waals surface area contributed by atoms with Crippen LogP contribution < -0.4 is 11.1 Å². The zero-order chi connectivity index (χ0) is 11.3. The van der Waals surface area contributed by atoms with Gasteiger partial charge in [0.2, 0.25) is 5.91 Å². The molecule has 2 heterocycles. The van der Waals surface area contributed by atoms with Gasteiger partial charge >= 0.3 is 0 Å². The molecule has 2 saturated heterocycles. The average molecular weight is 232 g/mol. The molecule has 3 unspecified atom stereocenters. The van der Waals surface area contributed by atoms with Crippen LogP contribution in [0.15, 0.2) is 0 Å². The third kappa shape index (κ3) is 1.38. The van der Waals surface area contributed by atoms with Gasteiger partial charge in [-0.2, -0.15) is 0 Å². The van der Waals surface area contributed by atoms with E-state index in [9.17, 15) is 13.2 Å². The fraction of sp³-hybridized carbons (Fsp3) is 0.889. The first-order valence-electron chi connectivity index (χ1n) is 5.12. The van der Waals surface area contributed by atoms with E-state index in [2.05, 4.69) is 5.32 Å². The lowest BCUT2D eigenvalue weighted by Gasteiger charge is -2.31. The molecule has 5 nitrogen and oxygen atoms in total.